The standard InChI is InChI=1S/C12H13FN2O2/c1-12(2,3)15-10(16)8-6-7(13)4-5-9(8)14-11(15)17/h4-6H,1-3H3,(H,14,17). The van der Waals surface area contributed by atoms with Crippen LogP contribution in [0.2, 0.25) is 0 Å². The minimum atomic E-state index is -0.648. The first-order valence-electron chi connectivity index (χ1n) is 5.26. The molecule has 1 aromatic carbocycles. The van der Waals surface area contributed by atoms with Gasteiger partial charge in [-0.05, 0) is 39.0 Å². The zero-order chi connectivity index (χ0) is 12.8. The van der Waals surface area contributed by atoms with Gasteiger partial charge in [-0.25, -0.2) is 9.18 Å². The van der Waals surface area contributed by atoms with Gasteiger partial charge in [0.15, 0.2) is 0 Å². The Bertz CT molecular complexity index is 692. The van der Waals surface area contributed by atoms with Gasteiger partial charge in [-0.1, -0.05) is 0 Å². The number of hydrogen-bond acceptors (Lipinski definition) is 2. The van der Waals surface area contributed by atoms with E-state index in [0.29, 0.717) is 5.52 Å². The van der Waals surface area contributed by atoms with E-state index in [4.69, 9.17) is 0 Å². The van der Waals surface area contributed by atoms with Gasteiger partial charge in [-0.15, -0.1) is 0 Å². The van der Waals surface area contributed by atoms with Crippen LogP contribution in [0, 0.1) is 5.82 Å². The Morgan fingerprint density at radius 1 is 1.24 bits per heavy atom. The smallest absolute Gasteiger partial charge is 0.307 e. The van der Waals surface area contributed by atoms with E-state index in [1.165, 1.54) is 12.1 Å². The first-order chi connectivity index (χ1) is 7.80. The summed E-state index contributed by atoms with van der Waals surface area (Å²) in [4.78, 5) is 26.5. The van der Waals surface area contributed by atoms with E-state index in [1.54, 1.807) is 20.8 Å². The molecule has 0 aliphatic rings. The molecule has 0 atom stereocenters. The van der Waals surface area contributed by atoms with Crippen LogP contribution in [0.1, 0.15) is 20.8 Å². The lowest BCUT2D eigenvalue weighted by Crippen LogP contribution is -2.44. The summed E-state index contributed by atoms with van der Waals surface area (Å²) in [6, 6.07) is 3.73. The summed E-state index contributed by atoms with van der Waals surface area (Å²) in [7, 11) is 0. The molecule has 0 fully saturated rings. The van der Waals surface area contributed by atoms with Gasteiger partial charge in [-0.2, -0.15) is 0 Å². The van der Waals surface area contributed by atoms with Crippen molar-refractivity contribution in [2.75, 3.05) is 0 Å². The van der Waals surface area contributed by atoms with Crippen molar-refractivity contribution < 1.29 is 4.39 Å². The lowest BCUT2D eigenvalue weighted by molar-refractivity contribution is 0.369. The average Bonchev–Trinajstić information content (AvgIpc) is 2.17. The Kier molecular flexibility index (Phi) is 2.41. The van der Waals surface area contributed by atoms with Crippen LogP contribution in [-0.4, -0.2) is 9.55 Å². The van der Waals surface area contributed by atoms with Crippen LogP contribution in [-0.2, 0) is 5.54 Å². The molecule has 4 nitrogen and oxygen atoms in total. The van der Waals surface area contributed by atoms with E-state index in [-0.39, 0.29) is 5.39 Å². The SMILES string of the molecule is CC(C)(C)n1c(=O)[nH]c2ccc(F)cc2c1=O. The number of aromatic nitrogens is 2. The molecule has 0 spiro atoms. The summed E-state index contributed by atoms with van der Waals surface area (Å²) in [6.07, 6.45) is 0. The van der Waals surface area contributed by atoms with Crippen LogP contribution < -0.4 is 11.2 Å². The Hall–Kier alpha value is -1.91. The van der Waals surface area contributed by atoms with Crippen molar-refractivity contribution >= 4 is 10.9 Å². The number of aromatic amines is 1. The highest BCUT2D eigenvalue weighted by Gasteiger charge is 2.19. The Morgan fingerprint density at radius 3 is 2.47 bits per heavy atom. The highest BCUT2D eigenvalue weighted by Crippen LogP contribution is 2.11. The first kappa shape index (κ1) is 11.6. The zero-order valence-corrected chi connectivity index (χ0v) is 9.87. The molecule has 2 aromatic rings. The van der Waals surface area contributed by atoms with Crippen molar-refractivity contribution in [1.29, 1.82) is 0 Å². The maximum absolute atomic E-state index is 13.1. The van der Waals surface area contributed by atoms with Gasteiger partial charge in [0, 0.05) is 5.54 Å². The number of hydrogen-bond donors (Lipinski definition) is 1. The van der Waals surface area contributed by atoms with Gasteiger partial charge < -0.3 is 4.98 Å². The Morgan fingerprint density at radius 2 is 1.88 bits per heavy atom. The normalized spacial score (nSPS) is 12.0. The van der Waals surface area contributed by atoms with Crippen molar-refractivity contribution in [3.8, 4) is 0 Å². The summed E-state index contributed by atoms with van der Waals surface area (Å²) in [6.45, 7) is 5.23. The number of nitrogens with zero attached hydrogens (tertiary/aromatic N) is 1. The summed E-state index contributed by atoms with van der Waals surface area (Å²) >= 11 is 0. The molecular weight excluding hydrogens is 223 g/mol. The van der Waals surface area contributed by atoms with E-state index in [2.05, 4.69) is 4.98 Å². The minimum Gasteiger partial charge on any atom is -0.307 e. The predicted octanol–water partition coefficient (Wildman–Crippen LogP) is 1.58. The average molecular weight is 236 g/mol. The molecule has 5 heteroatoms. The van der Waals surface area contributed by atoms with Crippen LogP contribution in [0.5, 0.6) is 0 Å². The third kappa shape index (κ3) is 1.88. The van der Waals surface area contributed by atoms with E-state index < -0.39 is 22.6 Å². The number of H-pyrrole nitrogens is 1. The molecule has 90 valence electrons. The number of benzene rings is 1. The molecule has 0 aliphatic carbocycles. The van der Waals surface area contributed by atoms with E-state index in [9.17, 15) is 14.0 Å². The van der Waals surface area contributed by atoms with Crippen molar-refractivity contribution in [1.82, 2.24) is 9.55 Å². The molecule has 0 saturated heterocycles. The summed E-state index contributed by atoms with van der Waals surface area (Å²) in [5.74, 6) is -0.498. The fourth-order valence-electron chi connectivity index (χ4n) is 1.80. The van der Waals surface area contributed by atoms with Gasteiger partial charge >= 0.3 is 5.69 Å². The third-order valence-corrected chi connectivity index (χ3v) is 2.53. The van der Waals surface area contributed by atoms with Crippen LogP contribution in [0.25, 0.3) is 10.9 Å². The number of fused-ring (bicyclic) bond motifs is 1. The van der Waals surface area contributed by atoms with Crippen LogP contribution >= 0.6 is 0 Å². The summed E-state index contributed by atoms with van der Waals surface area (Å²) < 4.78 is 14.2. The minimum absolute atomic E-state index is 0.180. The number of nitrogens with one attached hydrogen (secondary N) is 1. The maximum atomic E-state index is 13.1. The van der Waals surface area contributed by atoms with Gasteiger partial charge in [0.05, 0.1) is 10.9 Å². The monoisotopic (exact) mass is 236 g/mol. The molecule has 0 unspecified atom stereocenters. The second-order valence-corrected chi connectivity index (χ2v) is 4.93. The molecule has 0 radical (unpaired) electrons. The van der Waals surface area contributed by atoms with Gasteiger partial charge in [0.25, 0.3) is 5.56 Å². The second kappa shape index (κ2) is 3.55. The van der Waals surface area contributed by atoms with Crippen LogP contribution in [0.15, 0.2) is 27.8 Å². The largest absolute Gasteiger partial charge is 0.329 e. The highest BCUT2D eigenvalue weighted by molar-refractivity contribution is 5.77. The van der Waals surface area contributed by atoms with Gasteiger partial charge in [0.1, 0.15) is 5.82 Å². The molecule has 0 saturated carbocycles. The molecular formula is C12H13FN2O2. The molecule has 0 amide bonds. The topological polar surface area (TPSA) is 54.9 Å². The van der Waals surface area contributed by atoms with Crippen LogP contribution in [0.3, 0.4) is 0 Å². The van der Waals surface area contributed by atoms with Gasteiger partial charge in [-0.3, -0.25) is 9.36 Å². The van der Waals surface area contributed by atoms with E-state index >= 15 is 0 Å². The van der Waals surface area contributed by atoms with E-state index in [0.717, 1.165) is 10.6 Å². The molecule has 0 aliphatic heterocycles. The van der Waals surface area contributed by atoms with Crippen molar-refractivity contribution in [3.05, 3.63) is 44.9 Å². The lowest BCUT2D eigenvalue weighted by atomic mass is 10.1. The number of halogens is 1. The highest BCUT2D eigenvalue weighted by atomic mass is 19.1. The molecule has 1 N–H and O–H groups in total. The summed E-state index contributed by atoms with van der Waals surface area (Å²) in [5, 5.41) is 0.180. The Labute approximate surface area is 96.7 Å². The fraction of sp³-hybridized carbons (Fsp3) is 0.333. The van der Waals surface area contributed by atoms with Gasteiger partial charge in [0.2, 0.25) is 0 Å². The van der Waals surface area contributed by atoms with E-state index in [1.807, 2.05) is 0 Å². The van der Waals surface area contributed by atoms with Crippen LogP contribution in [0.4, 0.5) is 4.39 Å². The molecule has 0 bridgehead atoms. The lowest BCUT2D eigenvalue weighted by Gasteiger charge is -2.21. The maximum Gasteiger partial charge on any atom is 0.329 e. The molecule has 17 heavy (non-hydrogen) atoms. The van der Waals surface area contributed by atoms with Crippen molar-refractivity contribution in [2.24, 2.45) is 0 Å². The van der Waals surface area contributed by atoms with Crippen molar-refractivity contribution in [2.45, 2.75) is 26.3 Å². The summed E-state index contributed by atoms with van der Waals surface area (Å²) in [5.41, 5.74) is -1.26. The third-order valence-electron chi connectivity index (χ3n) is 2.53. The predicted molar refractivity (Wildman–Crippen MR) is 63.8 cm³/mol. The quantitative estimate of drug-likeness (QED) is 0.755. The molecule has 1 heterocycles. The Balaban J connectivity index is 2.99. The van der Waals surface area contributed by atoms with Crippen molar-refractivity contribution in [3.63, 3.8) is 0 Å². The zero-order valence-electron chi connectivity index (χ0n) is 9.87. The molecule has 1 aromatic heterocycles. The first-order valence-corrected chi connectivity index (χ1v) is 5.26. The molecule has 2 rings (SSSR count). The number of rotatable bonds is 0. The fourth-order valence-corrected chi connectivity index (χ4v) is 1.80. The second-order valence-electron chi connectivity index (χ2n) is 4.93.